The van der Waals surface area contributed by atoms with Gasteiger partial charge in [-0.15, -0.1) is 11.6 Å². The van der Waals surface area contributed by atoms with Crippen molar-refractivity contribution in [3.8, 4) is 0 Å². The molecule has 0 aliphatic heterocycles. The van der Waals surface area contributed by atoms with Crippen molar-refractivity contribution in [2.45, 2.75) is 38.6 Å². The lowest BCUT2D eigenvalue weighted by Gasteiger charge is -2.22. The Labute approximate surface area is 120 Å². The number of benzene rings is 1. The van der Waals surface area contributed by atoms with Crippen molar-refractivity contribution >= 4 is 21.6 Å². The van der Waals surface area contributed by atoms with Gasteiger partial charge in [-0.05, 0) is 23.0 Å². The molecule has 0 amide bonds. The molecule has 1 aliphatic rings. The lowest BCUT2D eigenvalue weighted by molar-refractivity contribution is 0.454. The first-order valence-electron chi connectivity index (χ1n) is 6.40. The van der Waals surface area contributed by atoms with Crippen LogP contribution in [0.1, 0.15) is 37.9 Å². The van der Waals surface area contributed by atoms with Crippen LogP contribution in [0.2, 0.25) is 0 Å². The molecule has 0 heterocycles. The van der Waals surface area contributed by atoms with E-state index < -0.39 is 10.0 Å². The largest absolute Gasteiger partial charge is 0.212 e. The first-order valence-corrected chi connectivity index (χ1v) is 8.49. The number of hydrogen-bond acceptors (Lipinski definition) is 2. The van der Waals surface area contributed by atoms with E-state index in [1.54, 1.807) is 0 Å². The summed E-state index contributed by atoms with van der Waals surface area (Å²) in [6.45, 7) is 5.73. The van der Waals surface area contributed by atoms with Crippen LogP contribution in [0, 0.1) is 5.41 Å². The highest BCUT2D eigenvalue weighted by atomic mass is 35.5. The Morgan fingerprint density at radius 2 is 1.95 bits per heavy atom. The van der Waals surface area contributed by atoms with E-state index in [2.05, 4.69) is 4.72 Å². The molecule has 19 heavy (non-hydrogen) atoms. The first kappa shape index (κ1) is 14.8. The third kappa shape index (κ3) is 3.71. The molecule has 1 N–H and O–H groups in total. The van der Waals surface area contributed by atoms with Gasteiger partial charge in [0.2, 0.25) is 10.0 Å². The number of sulfonamides is 1. The Morgan fingerprint density at radius 1 is 1.32 bits per heavy atom. The molecule has 5 heteroatoms. The van der Waals surface area contributed by atoms with Crippen molar-refractivity contribution in [1.82, 2.24) is 4.72 Å². The fourth-order valence-corrected chi connectivity index (χ4v) is 4.83. The summed E-state index contributed by atoms with van der Waals surface area (Å²) in [7, 11) is -3.33. The van der Waals surface area contributed by atoms with E-state index in [9.17, 15) is 8.42 Å². The molecule has 0 radical (unpaired) electrons. The molecule has 106 valence electrons. The molecule has 0 bridgehead atoms. The van der Waals surface area contributed by atoms with E-state index >= 15 is 0 Å². The van der Waals surface area contributed by atoms with Crippen molar-refractivity contribution in [3.63, 3.8) is 0 Å². The molecule has 1 aromatic rings. The lowest BCUT2D eigenvalue weighted by Crippen LogP contribution is -2.37. The van der Waals surface area contributed by atoms with Gasteiger partial charge in [0, 0.05) is 0 Å². The van der Waals surface area contributed by atoms with Crippen molar-refractivity contribution < 1.29 is 8.42 Å². The van der Waals surface area contributed by atoms with Crippen molar-refractivity contribution in [2.24, 2.45) is 5.41 Å². The average molecular weight is 302 g/mol. The van der Waals surface area contributed by atoms with Crippen LogP contribution in [-0.2, 0) is 16.4 Å². The fraction of sp³-hybridized carbons (Fsp3) is 0.571. The standard InChI is InChI=1S/C14H20ClNO2S/c1-14(2,3)9-19(17,18)16-13-11-7-5-4-6-10(11)8-12(13)15/h4-7,12-13,16H,8-9H2,1-3H3. The number of halogens is 1. The number of fused-ring (bicyclic) bond motifs is 1. The molecule has 0 aromatic heterocycles. The third-order valence-electron chi connectivity index (χ3n) is 3.10. The van der Waals surface area contributed by atoms with Gasteiger partial charge in [-0.1, -0.05) is 45.0 Å². The van der Waals surface area contributed by atoms with Crippen LogP contribution < -0.4 is 4.72 Å². The van der Waals surface area contributed by atoms with Crippen molar-refractivity contribution in [1.29, 1.82) is 0 Å². The molecule has 2 unspecified atom stereocenters. The SMILES string of the molecule is CC(C)(C)CS(=O)(=O)NC1c2ccccc2CC1Cl. The zero-order valence-electron chi connectivity index (χ0n) is 11.5. The monoisotopic (exact) mass is 301 g/mol. The van der Waals surface area contributed by atoms with Gasteiger partial charge >= 0.3 is 0 Å². The van der Waals surface area contributed by atoms with E-state index in [0.717, 1.165) is 11.1 Å². The Kier molecular flexibility index (Phi) is 3.96. The molecule has 0 saturated carbocycles. The summed E-state index contributed by atoms with van der Waals surface area (Å²) in [4.78, 5) is 0. The van der Waals surface area contributed by atoms with Gasteiger partial charge in [0.05, 0.1) is 17.2 Å². The Bertz CT molecular complexity index is 563. The van der Waals surface area contributed by atoms with Crippen molar-refractivity contribution in [3.05, 3.63) is 35.4 Å². The molecule has 2 atom stereocenters. The minimum absolute atomic E-state index is 0.0995. The minimum Gasteiger partial charge on any atom is -0.212 e. The summed E-state index contributed by atoms with van der Waals surface area (Å²) in [5, 5.41) is -0.216. The van der Waals surface area contributed by atoms with E-state index in [1.165, 1.54) is 0 Å². The van der Waals surface area contributed by atoms with Gasteiger partial charge in [0.25, 0.3) is 0 Å². The van der Waals surface area contributed by atoms with Crippen LogP contribution in [0.5, 0.6) is 0 Å². The van der Waals surface area contributed by atoms with Gasteiger partial charge in [-0.3, -0.25) is 0 Å². The number of rotatable bonds is 3. The van der Waals surface area contributed by atoms with E-state index in [-0.39, 0.29) is 22.6 Å². The Morgan fingerprint density at radius 3 is 2.58 bits per heavy atom. The topological polar surface area (TPSA) is 46.2 Å². The zero-order valence-corrected chi connectivity index (χ0v) is 13.1. The Balaban J connectivity index is 2.20. The van der Waals surface area contributed by atoms with E-state index in [1.807, 2.05) is 45.0 Å². The van der Waals surface area contributed by atoms with Crippen LogP contribution in [0.4, 0.5) is 0 Å². The van der Waals surface area contributed by atoms with Crippen LogP contribution in [-0.4, -0.2) is 19.5 Å². The molecule has 1 aliphatic carbocycles. The van der Waals surface area contributed by atoms with E-state index in [4.69, 9.17) is 11.6 Å². The van der Waals surface area contributed by atoms with Crippen LogP contribution >= 0.6 is 11.6 Å². The van der Waals surface area contributed by atoms with Crippen LogP contribution in [0.25, 0.3) is 0 Å². The number of alkyl halides is 1. The molecule has 0 saturated heterocycles. The quantitative estimate of drug-likeness (QED) is 0.873. The average Bonchev–Trinajstić information content (AvgIpc) is 2.52. The smallest absolute Gasteiger partial charge is 0.212 e. The molecule has 1 aromatic carbocycles. The summed E-state index contributed by atoms with van der Waals surface area (Å²) < 4.78 is 27.1. The molecule has 0 spiro atoms. The Hall–Kier alpha value is -0.580. The minimum atomic E-state index is -3.33. The summed E-state index contributed by atoms with van der Waals surface area (Å²) in [5.74, 6) is 0.0995. The first-order chi connectivity index (χ1) is 8.68. The molecular formula is C14H20ClNO2S. The second-order valence-corrected chi connectivity index (χ2v) is 8.65. The summed E-state index contributed by atoms with van der Waals surface area (Å²) in [6.07, 6.45) is 0.709. The molecule has 0 fully saturated rings. The lowest BCUT2D eigenvalue weighted by atomic mass is 10.0. The van der Waals surface area contributed by atoms with E-state index in [0.29, 0.717) is 6.42 Å². The van der Waals surface area contributed by atoms with Gasteiger partial charge in [-0.25, -0.2) is 13.1 Å². The van der Waals surface area contributed by atoms with Gasteiger partial charge in [0.1, 0.15) is 0 Å². The maximum absolute atomic E-state index is 12.2. The predicted octanol–water partition coefficient (Wildman–Crippen LogP) is 2.86. The second kappa shape index (κ2) is 5.08. The van der Waals surface area contributed by atoms with Crippen LogP contribution in [0.3, 0.4) is 0 Å². The maximum Gasteiger partial charge on any atom is 0.212 e. The van der Waals surface area contributed by atoms with Gasteiger partial charge in [0.15, 0.2) is 0 Å². The highest BCUT2D eigenvalue weighted by Gasteiger charge is 2.34. The molecular weight excluding hydrogens is 282 g/mol. The number of nitrogens with one attached hydrogen (secondary N) is 1. The molecule has 3 nitrogen and oxygen atoms in total. The predicted molar refractivity (Wildman–Crippen MR) is 78.9 cm³/mol. The highest BCUT2D eigenvalue weighted by molar-refractivity contribution is 7.89. The molecule has 2 rings (SSSR count). The highest BCUT2D eigenvalue weighted by Crippen LogP contribution is 2.35. The number of hydrogen-bond donors (Lipinski definition) is 1. The summed E-state index contributed by atoms with van der Waals surface area (Å²) in [6, 6.07) is 7.50. The normalized spacial score (nSPS) is 23.4. The summed E-state index contributed by atoms with van der Waals surface area (Å²) >= 11 is 6.29. The zero-order chi connectivity index (χ0) is 14.3. The fourth-order valence-electron chi connectivity index (χ4n) is 2.49. The van der Waals surface area contributed by atoms with Gasteiger partial charge in [-0.2, -0.15) is 0 Å². The maximum atomic E-state index is 12.2. The van der Waals surface area contributed by atoms with Crippen LogP contribution in [0.15, 0.2) is 24.3 Å². The van der Waals surface area contributed by atoms with Crippen molar-refractivity contribution in [2.75, 3.05) is 5.75 Å². The van der Waals surface area contributed by atoms with Gasteiger partial charge < -0.3 is 0 Å². The third-order valence-corrected chi connectivity index (χ3v) is 5.36. The second-order valence-electron chi connectivity index (χ2n) is 6.33. The summed E-state index contributed by atoms with van der Waals surface area (Å²) in [5.41, 5.74) is 1.86.